The number of anilines is 2. The van der Waals surface area contributed by atoms with E-state index in [1.807, 2.05) is 30.3 Å². The molecular formula is C11H12ClN5. The highest BCUT2D eigenvalue weighted by atomic mass is 35.5. The molecule has 6 heteroatoms. The topological polar surface area (TPSA) is 75.9 Å². The molecule has 0 saturated heterocycles. The molecule has 0 atom stereocenters. The van der Waals surface area contributed by atoms with Gasteiger partial charge in [-0.05, 0) is 5.56 Å². The molecular weight excluding hydrogens is 238 g/mol. The molecule has 17 heavy (non-hydrogen) atoms. The van der Waals surface area contributed by atoms with Gasteiger partial charge in [0.05, 0.1) is 6.20 Å². The third-order valence-corrected chi connectivity index (χ3v) is 2.45. The van der Waals surface area contributed by atoms with E-state index in [0.29, 0.717) is 23.3 Å². The van der Waals surface area contributed by atoms with E-state index < -0.39 is 0 Å². The quantitative estimate of drug-likeness (QED) is 0.571. The molecule has 0 radical (unpaired) electrons. The molecule has 0 fully saturated rings. The van der Waals surface area contributed by atoms with Crippen molar-refractivity contribution in [3.05, 3.63) is 47.1 Å². The summed E-state index contributed by atoms with van der Waals surface area (Å²) in [7, 11) is 0. The van der Waals surface area contributed by atoms with Crippen LogP contribution in [0, 0.1) is 0 Å². The van der Waals surface area contributed by atoms with Crippen LogP contribution >= 0.6 is 11.6 Å². The normalized spacial score (nSPS) is 10.0. The molecule has 1 aromatic heterocycles. The van der Waals surface area contributed by atoms with Crippen molar-refractivity contribution in [1.82, 2.24) is 9.97 Å². The lowest BCUT2D eigenvalue weighted by atomic mass is 10.2. The van der Waals surface area contributed by atoms with Gasteiger partial charge in [0.2, 0.25) is 5.95 Å². The fourth-order valence-electron chi connectivity index (χ4n) is 1.34. The van der Waals surface area contributed by atoms with Gasteiger partial charge in [-0.15, -0.1) is 0 Å². The molecule has 88 valence electrons. The summed E-state index contributed by atoms with van der Waals surface area (Å²) >= 11 is 5.96. The summed E-state index contributed by atoms with van der Waals surface area (Å²) in [6.45, 7) is 0.640. The lowest BCUT2D eigenvalue weighted by Crippen LogP contribution is -2.12. The van der Waals surface area contributed by atoms with Crippen LogP contribution < -0.4 is 16.6 Å². The number of halogens is 1. The van der Waals surface area contributed by atoms with Crippen molar-refractivity contribution in [3.8, 4) is 0 Å². The molecule has 4 N–H and O–H groups in total. The Labute approximate surface area is 104 Å². The van der Waals surface area contributed by atoms with E-state index in [-0.39, 0.29) is 0 Å². The maximum absolute atomic E-state index is 5.96. The smallest absolute Gasteiger partial charge is 0.239 e. The number of nitrogen functional groups attached to an aromatic ring is 1. The molecule has 2 aromatic rings. The SMILES string of the molecule is NNc1ncc(Cl)c(NCc2ccccc2)n1. The number of hydrogen-bond acceptors (Lipinski definition) is 5. The monoisotopic (exact) mass is 249 g/mol. The highest BCUT2D eigenvalue weighted by Gasteiger charge is 2.04. The number of rotatable bonds is 4. The third-order valence-electron chi connectivity index (χ3n) is 2.18. The number of nitrogens with one attached hydrogen (secondary N) is 2. The zero-order chi connectivity index (χ0) is 12.1. The van der Waals surface area contributed by atoms with Gasteiger partial charge >= 0.3 is 0 Å². The Morgan fingerprint density at radius 1 is 1.24 bits per heavy atom. The Balaban J connectivity index is 2.08. The summed E-state index contributed by atoms with van der Waals surface area (Å²) in [5, 5.41) is 3.58. The minimum Gasteiger partial charge on any atom is -0.365 e. The van der Waals surface area contributed by atoms with Gasteiger partial charge in [0.1, 0.15) is 5.02 Å². The summed E-state index contributed by atoms with van der Waals surface area (Å²) in [6, 6.07) is 9.96. The van der Waals surface area contributed by atoms with E-state index >= 15 is 0 Å². The van der Waals surface area contributed by atoms with Gasteiger partial charge in [-0.1, -0.05) is 41.9 Å². The second-order valence-electron chi connectivity index (χ2n) is 3.37. The largest absolute Gasteiger partial charge is 0.365 e. The van der Waals surface area contributed by atoms with Crippen LogP contribution in [0.25, 0.3) is 0 Å². The fraction of sp³-hybridized carbons (Fsp3) is 0.0909. The first-order valence-electron chi connectivity index (χ1n) is 5.06. The molecule has 0 spiro atoms. The van der Waals surface area contributed by atoms with Gasteiger partial charge in [0.25, 0.3) is 0 Å². The predicted molar refractivity (Wildman–Crippen MR) is 68.6 cm³/mol. The van der Waals surface area contributed by atoms with E-state index in [4.69, 9.17) is 17.4 Å². The van der Waals surface area contributed by atoms with Crippen LogP contribution in [-0.4, -0.2) is 9.97 Å². The van der Waals surface area contributed by atoms with E-state index in [0.717, 1.165) is 5.56 Å². The van der Waals surface area contributed by atoms with Gasteiger partial charge in [-0.2, -0.15) is 4.98 Å². The third kappa shape index (κ3) is 3.05. The van der Waals surface area contributed by atoms with E-state index in [2.05, 4.69) is 20.7 Å². The molecule has 2 rings (SSSR count). The zero-order valence-electron chi connectivity index (χ0n) is 9.02. The molecule has 0 bridgehead atoms. The van der Waals surface area contributed by atoms with Crippen LogP contribution in [0.3, 0.4) is 0 Å². The Morgan fingerprint density at radius 2 is 2.00 bits per heavy atom. The van der Waals surface area contributed by atoms with E-state index in [1.165, 1.54) is 6.20 Å². The van der Waals surface area contributed by atoms with Crippen LogP contribution in [0.1, 0.15) is 5.56 Å². The van der Waals surface area contributed by atoms with Gasteiger partial charge in [0.15, 0.2) is 5.82 Å². The maximum atomic E-state index is 5.96. The highest BCUT2D eigenvalue weighted by molar-refractivity contribution is 6.32. The molecule has 1 aromatic carbocycles. The van der Waals surface area contributed by atoms with Crippen molar-refractivity contribution in [2.24, 2.45) is 5.84 Å². The lowest BCUT2D eigenvalue weighted by molar-refractivity contribution is 1.07. The summed E-state index contributed by atoms with van der Waals surface area (Å²) in [4.78, 5) is 8.01. The van der Waals surface area contributed by atoms with E-state index in [9.17, 15) is 0 Å². The van der Waals surface area contributed by atoms with Crippen molar-refractivity contribution in [3.63, 3.8) is 0 Å². The Morgan fingerprint density at radius 3 is 2.71 bits per heavy atom. The van der Waals surface area contributed by atoms with Crippen molar-refractivity contribution < 1.29 is 0 Å². The second kappa shape index (κ2) is 5.47. The van der Waals surface area contributed by atoms with Gasteiger partial charge in [0, 0.05) is 6.54 Å². The minimum atomic E-state index is 0.324. The van der Waals surface area contributed by atoms with E-state index in [1.54, 1.807) is 0 Å². The number of hydrazine groups is 1. The average molecular weight is 250 g/mol. The van der Waals surface area contributed by atoms with Gasteiger partial charge in [-0.25, -0.2) is 10.8 Å². The standard InChI is InChI=1S/C11H12ClN5/c12-9-7-15-11(17-13)16-10(9)14-6-8-4-2-1-3-5-8/h1-5,7H,6,13H2,(H2,14,15,16,17). The predicted octanol–water partition coefficient (Wildman–Crippen LogP) is 2.03. The Kier molecular flexibility index (Phi) is 3.74. The van der Waals surface area contributed by atoms with Crippen molar-refractivity contribution in [2.45, 2.75) is 6.54 Å². The van der Waals surface area contributed by atoms with Gasteiger partial charge < -0.3 is 5.32 Å². The highest BCUT2D eigenvalue weighted by Crippen LogP contribution is 2.19. The number of nitrogens with two attached hydrogens (primary N) is 1. The van der Waals surface area contributed by atoms with Crippen LogP contribution in [0.15, 0.2) is 36.5 Å². The molecule has 0 unspecified atom stereocenters. The zero-order valence-corrected chi connectivity index (χ0v) is 9.78. The van der Waals surface area contributed by atoms with Crippen molar-refractivity contribution in [1.29, 1.82) is 0 Å². The van der Waals surface area contributed by atoms with Gasteiger partial charge in [-0.3, -0.25) is 5.43 Å². The second-order valence-corrected chi connectivity index (χ2v) is 3.78. The maximum Gasteiger partial charge on any atom is 0.239 e. The van der Waals surface area contributed by atoms with Crippen LogP contribution in [0.4, 0.5) is 11.8 Å². The average Bonchev–Trinajstić information content (AvgIpc) is 2.39. The molecule has 0 aliphatic heterocycles. The molecule has 0 aliphatic carbocycles. The number of hydrogen-bond donors (Lipinski definition) is 3. The first kappa shape index (κ1) is 11.6. The number of benzene rings is 1. The number of nitrogens with zero attached hydrogens (tertiary/aromatic N) is 2. The summed E-state index contributed by atoms with van der Waals surface area (Å²) in [5.74, 6) is 6.11. The van der Waals surface area contributed by atoms with Crippen LogP contribution in [0.2, 0.25) is 5.02 Å². The van der Waals surface area contributed by atoms with Crippen molar-refractivity contribution in [2.75, 3.05) is 10.7 Å². The molecule has 5 nitrogen and oxygen atoms in total. The van der Waals surface area contributed by atoms with Crippen LogP contribution in [-0.2, 0) is 6.54 Å². The Hall–Kier alpha value is -1.85. The summed E-state index contributed by atoms with van der Waals surface area (Å²) in [5.41, 5.74) is 3.51. The molecule has 0 amide bonds. The fourth-order valence-corrected chi connectivity index (χ4v) is 1.50. The summed E-state index contributed by atoms with van der Waals surface area (Å²) in [6.07, 6.45) is 1.50. The van der Waals surface area contributed by atoms with Crippen LogP contribution in [0.5, 0.6) is 0 Å². The Bertz CT molecular complexity index is 488. The molecule has 0 saturated carbocycles. The number of aromatic nitrogens is 2. The molecule has 1 heterocycles. The molecule has 0 aliphatic rings. The summed E-state index contributed by atoms with van der Waals surface area (Å²) < 4.78 is 0. The minimum absolute atomic E-state index is 0.324. The first-order chi connectivity index (χ1) is 8.29. The first-order valence-corrected chi connectivity index (χ1v) is 5.44. The lowest BCUT2D eigenvalue weighted by Gasteiger charge is -2.08. The van der Waals surface area contributed by atoms with Crippen molar-refractivity contribution >= 4 is 23.4 Å².